The van der Waals surface area contributed by atoms with E-state index >= 15 is 0 Å². The number of hydrogen-bond acceptors (Lipinski definition) is 5. The molecule has 0 radical (unpaired) electrons. The molecule has 0 aromatic heterocycles. The molecule has 0 aliphatic carbocycles. The average Bonchev–Trinajstić information content (AvgIpc) is 2.96. The van der Waals surface area contributed by atoms with Crippen LogP contribution in [0.2, 0.25) is 0 Å². The van der Waals surface area contributed by atoms with Crippen molar-refractivity contribution in [3.63, 3.8) is 0 Å². The van der Waals surface area contributed by atoms with Crippen molar-refractivity contribution in [3.8, 4) is 11.5 Å². The molecule has 0 spiro atoms. The van der Waals surface area contributed by atoms with Crippen LogP contribution in [0.4, 0.5) is 0 Å². The molecular weight excluding hydrogens is 540 g/mol. The third kappa shape index (κ3) is 12.7. The number of carbonyl (C=O) groups excluding carboxylic acids is 3. The van der Waals surface area contributed by atoms with Crippen molar-refractivity contribution in [3.05, 3.63) is 71.3 Å². The Labute approximate surface area is 258 Å². The summed E-state index contributed by atoms with van der Waals surface area (Å²) in [5, 5.41) is 5.83. The molecule has 236 valence electrons. The Morgan fingerprint density at radius 3 is 2.14 bits per heavy atom. The number of esters is 1. The van der Waals surface area contributed by atoms with E-state index in [9.17, 15) is 14.4 Å². The fourth-order valence-corrected chi connectivity index (χ4v) is 4.62. The van der Waals surface area contributed by atoms with E-state index in [1.807, 2.05) is 32.9 Å². The molecule has 0 fully saturated rings. The third-order valence-corrected chi connectivity index (χ3v) is 7.21. The van der Waals surface area contributed by atoms with Gasteiger partial charge in [0.1, 0.15) is 6.04 Å². The zero-order valence-electron chi connectivity index (χ0n) is 27.4. The van der Waals surface area contributed by atoms with Gasteiger partial charge in [-0.3, -0.25) is 9.59 Å². The molecule has 2 aromatic carbocycles. The highest BCUT2D eigenvalue weighted by Gasteiger charge is 2.29. The van der Waals surface area contributed by atoms with Gasteiger partial charge in [0.25, 0.3) is 0 Å². The van der Waals surface area contributed by atoms with Gasteiger partial charge in [-0.25, -0.2) is 4.79 Å². The van der Waals surface area contributed by atoms with E-state index in [2.05, 4.69) is 62.6 Å². The maximum atomic E-state index is 13.2. The molecule has 2 amide bonds. The van der Waals surface area contributed by atoms with Gasteiger partial charge in [0.2, 0.25) is 11.8 Å². The molecule has 0 bridgehead atoms. The Balaban J connectivity index is 1.95. The lowest BCUT2D eigenvalue weighted by atomic mass is 9.95. The van der Waals surface area contributed by atoms with E-state index in [0.717, 1.165) is 36.8 Å². The van der Waals surface area contributed by atoms with Gasteiger partial charge in [-0.1, -0.05) is 84.0 Å². The molecule has 0 aliphatic heterocycles. The van der Waals surface area contributed by atoms with Gasteiger partial charge in [0.15, 0.2) is 11.5 Å². The topological polar surface area (TPSA) is 93.7 Å². The lowest BCUT2D eigenvalue weighted by Crippen LogP contribution is -2.47. The summed E-state index contributed by atoms with van der Waals surface area (Å²) >= 11 is 0. The third-order valence-electron chi connectivity index (χ3n) is 7.21. The van der Waals surface area contributed by atoms with Crippen LogP contribution < -0.4 is 20.1 Å². The second-order valence-corrected chi connectivity index (χ2v) is 12.4. The number of methoxy groups -OCH3 is 1. The van der Waals surface area contributed by atoms with Gasteiger partial charge in [0, 0.05) is 13.0 Å². The first-order valence-electron chi connectivity index (χ1n) is 15.6. The zero-order chi connectivity index (χ0) is 31.9. The quantitative estimate of drug-likeness (QED) is 0.0882. The maximum Gasteiger partial charge on any atom is 0.334 e. The molecule has 2 atom stereocenters. The van der Waals surface area contributed by atoms with E-state index < -0.39 is 17.9 Å². The first kappa shape index (κ1) is 35.6. The maximum absolute atomic E-state index is 13.2. The fourth-order valence-electron chi connectivity index (χ4n) is 4.62. The van der Waals surface area contributed by atoms with E-state index in [1.54, 1.807) is 18.2 Å². The van der Waals surface area contributed by atoms with Crippen molar-refractivity contribution in [2.24, 2.45) is 17.8 Å². The Morgan fingerprint density at radius 1 is 0.860 bits per heavy atom. The Hall–Kier alpha value is -3.61. The second kappa shape index (κ2) is 18.1. The predicted molar refractivity (Wildman–Crippen MR) is 173 cm³/mol. The van der Waals surface area contributed by atoms with Crippen molar-refractivity contribution in [2.75, 3.05) is 7.11 Å². The largest absolute Gasteiger partial charge is 0.493 e. The fraction of sp³-hybridized carbons (Fsp3) is 0.528. The SMILES string of the molecule is COc1cc(CNC(=O)CCCC/C=C/C(C)C)ccc1OC(=O)C(NC(=O)C(C)c1ccc(CC(C)C)cc1)C(C)C. The molecule has 0 aliphatic rings. The van der Waals surface area contributed by atoms with Crippen molar-refractivity contribution < 1.29 is 23.9 Å². The first-order valence-corrected chi connectivity index (χ1v) is 15.6. The van der Waals surface area contributed by atoms with Crippen molar-refractivity contribution >= 4 is 17.8 Å². The highest BCUT2D eigenvalue weighted by molar-refractivity contribution is 5.89. The van der Waals surface area contributed by atoms with Gasteiger partial charge in [-0.15, -0.1) is 0 Å². The van der Waals surface area contributed by atoms with Crippen LogP contribution in [0.3, 0.4) is 0 Å². The molecule has 2 unspecified atom stereocenters. The summed E-state index contributed by atoms with van der Waals surface area (Å²) in [6.07, 6.45) is 8.62. The minimum Gasteiger partial charge on any atom is -0.493 e. The van der Waals surface area contributed by atoms with E-state index in [1.165, 1.54) is 12.7 Å². The van der Waals surface area contributed by atoms with Crippen molar-refractivity contribution in [1.82, 2.24) is 10.6 Å². The lowest BCUT2D eigenvalue weighted by molar-refractivity contribution is -0.141. The van der Waals surface area contributed by atoms with E-state index in [4.69, 9.17) is 9.47 Å². The van der Waals surface area contributed by atoms with Crippen LogP contribution in [0.5, 0.6) is 11.5 Å². The van der Waals surface area contributed by atoms with Crippen molar-refractivity contribution in [2.45, 2.75) is 99.1 Å². The summed E-state index contributed by atoms with van der Waals surface area (Å²) in [5.41, 5.74) is 2.95. The van der Waals surface area contributed by atoms with E-state index in [-0.39, 0.29) is 23.5 Å². The van der Waals surface area contributed by atoms with Gasteiger partial charge < -0.3 is 20.1 Å². The Morgan fingerprint density at radius 2 is 1.53 bits per heavy atom. The van der Waals surface area contributed by atoms with Crippen LogP contribution in [0.15, 0.2) is 54.6 Å². The number of allylic oxidation sites excluding steroid dienone is 2. The van der Waals surface area contributed by atoms with Crippen LogP contribution in [0.1, 0.15) is 96.8 Å². The summed E-state index contributed by atoms with van der Waals surface area (Å²) in [4.78, 5) is 38.6. The van der Waals surface area contributed by atoms with Crippen LogP contribution >= 0.6 is 0 Å². The number of benzene rings is 2. The highest BCUT2D eigenvalue weighted by Crippen LogP contribution is 2.29. The Bertz CT molecular complexity index is 1200. The van der Waals surface area contributed by atoms with Gasteiger partial charge in [-0.05, 0) is 79.2 Å². The lowest BCUT2D eigenvalue weighted by Gasteiger charge is -2.23. The van der Waals surface area contributed by atoms with Gasteiger partial charge in [0.05, 0.1) is 13.0 Å². The summed E-state index contributed by atoms with van der Waals surface area (Å²) in [6.45, 7) is 14.6. The predicted octanol–water partition coefficient (Wildman–Crippen LogP) is 7.13. The highest BCUT2D eigenvalue weighted by atomic mass is 16.6. The molecule has 2 N–H and O–H groups in total. The molecule has 7 nitrogen and oxygen atoms in total. The Kier molecular flexibility index (Phi) is 15.0. The monoisotopic (exact) mass is 592 g/mol. The number of carbonyl (C=O) groups is 3. The van der Waals surface area contributed by atoms with Gasteiger partial charge in [-0.2, -0.15) is 0 Å². The van der Waals surface area contributed by atoms with Crippen LogP contribution in [0, 0.1) is 17.8 Å². The number of amides is 2. The van der Waals surface area contributed by atoms with E-state index in [0.29, 0.717) is 30.6 Å². The summed E-state index contributed by atoms with van der Waals surface area (Å²) in [6, 6.07) is 12.4. The molecule has 0 saturated heterocycles. The first-order chi connectivity index (χ1) is 20.4. The number of ether oxygens (including phenoxy) is 2. The van der Waals surface area contributed by atoms with Crippen molar-refractivity contribution in [1.29, 1.82) is 0 Å². The molecule has 0 saturated carbocycles. The van der Waals surface area contributed by atoms with Crippen LogP contribution in [-0.4, -0.2) is 30.9 Å². The average molecular weight is 593 g/mol. The number of nitrogens with one attached hydrogen (secondary N) is 2. The minimum absolute atomic E-state index is 0.00134. The molecule has 2 rings (SSSR count). The van der Waals surface area contributed by atoms with Crippen LogP contribution in [0.25, 0.3) is 0 Å². The summed E-state index contributed by atoms with van der Waals surface area (Å²) in [5.74, 6) is 0.316. The number of rotatable bonds is 17. The second-order valence-electron chi connectivity index (χ2n) is 12.4. The standard InChI is InChI=1S/C36H52N2O5/c1-24(2)13-11-9-10-12-14-33(39)37-23-29-17-20-31(32(22-29)42-8)43-36(41)34(26(5)6)38-35(40)27(7)30-18-15-28(16-19-30)21-25(3)4/h11,13,15-20,22,24-27,34H,9-10,12,14,21,23H2,1-8H3,(H,37,39)(H,38,40)/b13-11+. The molecular formula is C36H52N2O5. The summed E-state index contributed by atoms with van der Waals surface area (Å²) in [7, 11) is 1.50. The molecule has 7 heteroatoms. The van der Waals surface area contributed by atoms with Crippen LogP contribution in [-0.2, 0) is 27.3 Å². The van der Waals surface area contributed by atoms with Gasteiger partial charge >= 0.3 is 5.97 Å². The minimum atomic E-state index is -0.834. The molecule has 0 heterocycles. The molecule has 2 aromatic rings. The smallest absolute Gasteiger partial charge is 0.334 e. The zero-order valence-corrected chi connectivity index (χ0v) is 27.4. The molecule has 43 heavy (non-hydrogen) atoms. The number of hydrogen-bond donors (Lipinski definition) is 2. The number of unbranched alkanes of at least 4 members (excludes halogenated alkanes) is 2. The normalized spacial score (nSPS) is 12.9. The summed E-state index contributed by atoms with van der Waals surface area (Å²) < 4.78 is 11.2.